The fourth-order valence-corrected chi connectivity index (χ4v) is 10.0. The maximum Gasteiger partial charge on any atom is 0.167 e. The summed E-state index contributed by atoms with van der Waals surface area (Å²) in [6.45, 7) is 16.5. The van der Waals surface area contributed by atoms with Crippen LogP contribution in [0.3, 0.4) is 0 Å². The molecule has 2 unspecified atom stereocenters. The molecule has 0 heterocycles. The van der Waals surface area contributed by atoms with Crippen LogP contribution in [-0.4, -0.2) is 7.38 Å². The minimum Gasteiger partial charge on any atom is -0.166 e. The summed E-state index contributed by atoms with van der Waals surface area (Å²) in [5, 5.41) is 0.345. The van der Waals surface area contributed by atoms with Gasteiger partial charge in [0.25, 0.3) is 0 Å². The Morgan fingerprint density at radius 2 is 1.29 bits per heavy atom. The summed E-state index contributed by atoms with van der Waals surface area (Å²) in [6.07, 6.45) is 6.34. The van der Waals surface area contributed by atoms with Gasteiger partial charge in [0.2, 0.25) is 0 Å². The molecule has 0 N–H and O–H groups in total. The Hall–Kier alpha value is 0.507. The van der Waals surface area contributed by atoms with Crippen molar-refractivity contribution < 1.29 is 0 Å². The second-order valence-electron chi connectivity index (χ2n) is 6.38. The van der Waals surface area contributed by atoms with E-state index in [1.165, 1.54) is 32.1 Å². The van der Waals surface area contributed by atoms with E-state index >= 15 is 0 Å². The largest absolute Gasteiger partial charge is 0.167 e. The molecule has 0 aromatic heterocycles. The van der Waals surface area contributed by atoms with Gasteiger partial charge in [0.1, 0.15) is 0 Å². The molecule has 0 aliphatic rings. The first kappa shape index (κ1) is 17.5. The van der Waals surface area contributed by atoms with Crippen molar-refractivity contribution >= 4 is 18.5 Å². The van der Waals surface area contributed by atoms with Crippen LogP contribution in [0.15, 0.2) is 0 Å². The van der Waals surface area contributed by atoms with Gasteiger partial charge in [0, 0.05) is 0 Å². The van der Waals surface area contributed by atoms with Crippen molar-refractivity contribution in [3.05, 3.63) is 0 Å². The number of halogens is 1. The summed E-state index contributed by atoms with van der Waals surface area (Å²) in [6, 6.07) is 0. The highest BCUT2D eigenvalue weighted by Gasteiger charge is 2.51. The van der Waals surface area contributed by atoms with E-state index in [2.05, 4.69) is 48.5 Å². The van der Waals surface area contributed by atoms with E-state index in [0.717, 1.165) is 11.1 Å². The molecule has 0 saturated carbocycles. The molecule has 0 bridgehead atoms. The van der Waals surface area contributed by atoms with Crippen molar-refractivity contribution in [1.29, 1.82) is 0 Å². The van der Waals surface area contributed by atoms with Gasteiger partial charge in [-0.1, -0.05) is 80.6 Å². The minimum absolute atomic E-state index is 0.345. The topological polar surface area (TPSA) is 0 Å². The standard InChI is InChI=1S/C15H33ClSi/c1-8-11-13(4)17(16,14(5)12-9-2)15(6,7)10-3/h13-14H,8-12H2,1-7H3. The number of hydrogen-bond acceptors (Lipinski definition) is 0. The molecule has 0 fully saturated rings. The third kappa shape index (κ3) is 3.73. The molecular weight excluding hydrogens is 244 g/mol. The maximum atomic E-state index is 7.33. The van der Waals surface area contributed by atoms with Gasteiger partial charge in [0.15, 0.2) is 7.38 Å². The van der Waals surface area contributed by atoms with E-state index < -0.39 is 7.38 Å². The van der Waals surface area contributed by atoms with Crippen LogP contribution in [0.4, 0.5) is 0 Å². The summed E-state index contributed by atoms with van der Waals surface area (Å²) in [5.41, 5.74) is 1.45. The highest BCUT2D eigenvalue weighted by molar-refractivity contribution is 7.23. The van der Waals surface area contributed by atoms with Crippen molar-refractivity contribution in [1.82, 2.24) is 0 Å². The van der Waals surface area contributed by atoms with E-state index in [-0.39, 0.29) is 0 Å². The van der Waals surface area contributed by atoms with Crippen LogP contribution in [0.5, 0.6) is 0 Å². The molecule has 0 amide bonds. The number of rotatable bonds is 8. The van der Waals surface area contributed by atoms with Crippen molar-refractivity contribution in [3.8, 4) is 0 Å². The van der Waals surface area contributed by atoms with Gasteiger partial charge in [-0.15, -0.1) is 0 Å². The average molecular weight is 277 g/mol. The fraction of sp³-hybridized carbons (Fsp3) is 1.00. The summed E-state index contributed by atoms with van der Waals surface area (Å²) in [7, 11) is -1.75. The van der Waals surface area contributed by atoms with Crippen LogP contribution in [0.2, 0.25) is 16.1 Å². The van der Waals surface area contributed by atoms with Crippen LogP contribution in [0, 0.1) is 0 Å². The molecule has 0 nitrogen and oxygen atoms in total. The Morgan fingerprint density at radius 1 is 0.941 bits per heavy atom. The van der Waals surface area contributed by atoms with Crippen LogP contribution in [0.1, 0.15) is 80.6 Å². The second kappa shape index (κ2) is 7.18. The van der Waals surface area contributed by atoms with Gasteiger partial charge in [0.05, 0.1) is 0 Å². The Bertz CT molecular complexity index is 201. The Morgan fingerprint density at radius 3 is 1.53 bits per heavy atom. The van der Waals surface area contributed by atoms with Gasteiger partial charge in [-0.2, -0.15) is 11.1 Å². The minimum atomic E-state index is -1.75. The van der Waals surface area contributed by atoms with E-state index in [9.17, 15) is 0 Å². The second-order valence-corrected chi connectivity index (χ2v) is 13.1. The van der Waals surface area contributed by atoms with Crippen molar-refractivity contribution in [2.24, 2.45) is 0 Å². The van der Waals surface area contributed by atoms with E-state index in [4.69, 9.17) is 11.1 Å². The predicted molar refractivity (Wildman–Crippen MR) is 84.6 cm³/mol. The van der Waals surface area contributed by atoms with Crippen LogP contribution >= 0.6 is 11.1 Å². The highest BCUT2D eigenvalue weighted by atomic mass is 35.6. The zero-order valence-electron chi connectivity index (χ0n) is 13.1. The van der Waals surface area contributed by atoms with Gasteiger partial charge in [-0.05, 0) is 16.1 Å². The third-order valence-electron chi connectivity index (χ3n) is 4.80. The Labute approximate surface area is 115 Å². The lowest BCUT2D eigenvalue weighted by atomic mass is 10.1. The zero-order chi connectivity index (χ0) is 13.7. The Balaban J connectivity index is 5.19. The van der Waals surface area contributed by atoms with E-state index in [1.54, 1.807) is 0 Å². The zero-order valence-corrected chi connectivity index (χ0v) is 14.8. The van der Waals surface area contributed by atoms with Crippen LogP contribution < -0.4 is 0 Å². The Kier molecular flexibility index (Phi) is 7.40. The molecular formula is C15H33ClSi. The lowest BCUT2D eigenvalue weighted by Crippen LogP contribution is -2.47. The molecule has 2 atom stereocenters. The summed E-state index contributed by atoms with van der Waals surface area (Å²) >= 11 is 7.33. The molecule has 17 heavy (non-hydrogen) atoms. The monoisotopic (exact) mass is 276 g/mol. The quantitative estimate of drug-likeness (QED) is 0.340. The average Bonchev–Trinajstić information content (AvgIpc) is 2.28. The van der Waals surface area contributed by atoms with Crippen molar-refractivity contribution in [3.63, 3.8) is 0 Å². The molecule has 0 rings (SSSR count). The first-order valence-corrected chi connectivity index (χ1v) is 10.6. The summed E-state index contributed by atoms with van der Waals surface area (Å²) in [4.78, 5) is 0. The molecule has 2 heteroatoms. The summed E-state index contributed by atoms with van der Waals surface area (Å²) in [5.74, 6) is 0. The lowest BCUT2D eigenvalue weighted by molar-refractivity contribution is 0.565. The summed E-state index contributed by atoms with van der Waals surface area (Å²) < 4.78 is 0. The first-order valence-electron chi connectivity index (χ1n) is 7.46. The van der Waals surface area contributed by atoms with Gasteiger partial charge >= 0.3 is 0 Å². The van der Waals surface area contributed by atoms with Crippen molar-refractivity contribution in [2.75, 3.05) is 0 Å². The SMILES string of the molecule is CCCC(C)[Si](Cl)(C(C)CCC)C(C)(C)CC. The third-order valence-corrected chi connectivity index (χ3v) is 14.4. The van der Waals surface area contributed by atoms with Crippen LogP contribution in [-0.2, 0) is 0 Å². The molecule has 0 aliphatic heterocycles. The number of hydrogen-bond donors (Lipinski definition) is 0. The molecule has 0 aromatic carbocycles. The van der Waals surface area contributed by atoms with Gasteiger partial charge in [-0.25, -0.2) is 0 Å². The molecule has 0 aromatic rings. The molecule has 0 aliphatic carbocycles. The normalized spacial score (nSPS) is 19.8. The fourth-order valence-electron chi connectivity index (χ4n) is 3.38. The molecule has 0 saturated heterocycles. The highest BCUT2D eigenvalue weighted by Crippen LogP contribution is 2.57. The van der Waals surface area contributed by atoms with E-state index in [1.807, 2.05) is 0 Å². The van der Waals surface area contributed by atoms with Crippen molar-refractivity contribution in [2.45, 2.75) is 96.7 Å². The predicted octanol–water partition coefficient (Wildman–Crippen LogP) is 6.74. The first-order chi connectivity index (χ1) is 7.77. The molecule has 0 radical (unpaired) electrons. The van der Waals surface area contributed by atoms with Gasteiger partial charge < -0.3 is 0 Å². The molecule has 104 valence electrons. The van der Waals surface area contributed by atoms with Crippen LogP contribution in [0.25, 0.3) is 0 Å². The van der Waals surface area contributed by atoms with Gasteiger partial charge in [-0.3, -0.25) is 0 Å². The lowest BCUT2D eigenvalue weighted by Gasteiger charge is -2.48. The molecule has 0 spiro atoms. The smallest absolute Gasteiger partial charge is 0.166 e. The van der Waals surface area contributed by atoms with E-state index in [0.29, 0.717) is 5.04 Å². The maximum absolute atomic E-state index is 7.33.